The number of aromatic nitrogens is 1. The van der Waals surface area contributed by atoms with E-state index in [1.54, 1.807) is 12.3 Å². The maximum atomic E-state index is 12.6. The Kier molecular flexibility index (Phi) is 3.41. The molecule has 0 aliphatic carbocycles. The van der Waals surface area contributed by atoms with Crippen molar-refractivity contribution < 1.29 is 13.2 Å². The SMILES string of the molecule is Cc1cnc(C(N)c2cccc(C(F)(F)F)c2)s1. The number of rotatable bonds is 2. The first-order valence-corrected chi connectivity index (χ1v) is 6.04. The lowest BCUT2D eigenvalue weighted by atomic mass is 10.0. The highest BCUT2D eigenvalue weighted by atomic mass is 32.1. The summed E-state index contributed by atoms with van der Waals surface area (Å²) in [6, 6.07) is 4.42. The Morgan fingerprint density at radius 3 is 2.61 bits per heavy atom. The molecule has 0 bridgehead atoms. The van der Waals surface area contributed by atoms with E-state index in [4.69, 9.17) is 5.73 Å². The third-order valence-electron chi connectivity index (χ3n) is 2.48. The van der Waals surface area contributed by atoms with Crippen LogP contribution in [0, 0.1) is 6.92 Å². The van der Waals surface area contributed by atoms with Crippen LogP contribution in [0.4, 0.5) is 13.2 Å². The van der Waals surface area contributed by atoms with E-state index in [0.717, 1.165) is 17.0 Å². The van der Waals surface area contributed by atoms with Gasteiger partial charge in [0, 0.05) is 11.1 Å². The topological polar surface area (TPSA) is 38.9 Å². The summed E-state index contributed by atoms with van der Waals surface area (Å²) in [5.74, 6) is 0. The molecule has 1 aromatic heterocycles. The molecule has 96 valence electrons. The van der Waals surface area contributed by atoms with Crippen molar-refractivity contribution in [3.63, 3.8) is 0 Å². The zero-order chi connectivity index (χ0) is 13.3. The molecule has 18 heavy (non-hydrogen) atoms. The zero-order valence-corrected chi connectivity index (χ0v) is 10.3. The van der Waals surface area contributed by atoms with E-state index in [1.807, 2.05) is 6.92 Å². The smallest absolute Gasteiger partial charge is 0.318 e. The van der Waals surface area contributed by atoms with E-state index in [9.17, 15) is 13.2 Å². The molecule has 0 saturated carbocycles. The van der Waals surface area contributed by atoms with Crippen molar-refractivity contribution in [2.24, 2.45) is 5.73 Å². The third kappa shape index (κ3) is 2.70. The van der Waals surface area contributed by atoms with Crippen LogP contribution in [0.2, 0.25) is 0 Å². The van der Waals surface area contributed by atoms with Gasteiger partial charge in [0.2, 0.25) is 0 Å². The minimum absolute atomic E-state index is 0.416. The fourth-order valence-corrected chi connectivity index (χ4v) is 2.37. The Labute approximate surface area is 106 Å². The second-order valence-electron chi connectivity index (χ2n) is 3.91. The fourth-order valence-electron chi connectivity index (χ4n) is 1.57. The lowest BCUT2D eigenvalue weighted by Gasteiger charge is -2.12. The molecule has 1 unspecified atom stereocenters. The van der Waals surface area contributed by atoms with Crippen LogP contribution in [-0.2, 0) is 6.18 Å². The zero-order valence-electron chi connectivity index (χ0n) is 9.53. The van der Waals surface area contributed by atoms with Gasteiger partial charge in [-0.3, -0.25) is 0 Å². The molecule has 0 aliphatic heterocycles. The van der Waals surface area contributed by atoms with Gasteiger partial charge in [0.05, 0.1) is 11.6 Å². The van der Waals surface area contributed by atoms with Gasteiger partial charge in [0.25, 0.3) is 0 Å². The van der Waals surface area contributed by atoms with Gasteiger partial charge in [-0.15, -0.1) is 11.3 Å². The number of halogens is 3. The van der Waals surface area contributed by atoms with E-state index in [2.05, 4.69) is 4.98 Å². The normalized spacial score (nSPS) is 13.6. The van der Waals surface area contributed by atoms with E-state index in [1.165, 1.54) is 17.4 Å². The average Bonchev–Trinajstić information content (AvgIpc) is 2.74. The summed E-state index contributed by atoms with van der Waals surface area (Å²) in [6.07, 6.45) is -2.69. The molecule has 0 amide bonds. The quantitative estimate of drug-likeness (QED) is 0.908. The number of thiazole rings is 1. The Morgan fingerprint density at radius 2 is 2.06 bits per heavy atom. The summed E-state index contributed by atoms with van der Waals surface area (Å²) in [5.41, 5.74) is 5.65. The van der Waals surface area contributed by atoms with Crippen molar-refractivity contribution in [3.05, 3.63) is 51.5 Å². The van der Waals surface area contributed by atoms with Crippen molar-refractivity contribution in [1.29, 1.82) is 0 Å². The molecule has 0 radical (unpaired) electrons. The Morgan fingerprint density at radius 1 is 1.33 bits per heavy atom. The molecule has 0 spiro atoms. The lowest BCUT2D eigenvalue weighted by Crippen LogP contribution is -2.13. The van der Waals surface area contributed by atoms with Gasteiger partial charge in [0.15, 0.2) is 0 Å². The van der Waals surface area contributed by atoms with Crippen LogP contribution in [0.3, 0.4) is 0 Å². The molecule has 1 heterocycles. The highest BCUT2D eigenvalue weighted by molar-refractivity contribution is 7.11. The van der Waals surface area contributed by atoms with E-state index >= 15 is 0 Å². The van der Waals surface area contributed by atoms with Crippen LogP contribution < -0.4 is 5.73 Å². The minimum Gasteiger partial charge on any atom is -0.318 e. The largest absolute Gasteiger partial charge is 0.416 e. The first-order chi connectivity index (χ1) is 8.38. The molecule has 2 nitrogen and oxygen atoms in total. The monoisotopic (exact) mass is 272 g/mol. The fraction of sp³-hybridized carbons (Fsp3) is 0.250. The number of nitrogens with two attached hydrogens (primary N) is 1. The first kappa shape index (κ1) is 13.0. The lowest BCUT2D eigenvalue weighted by molar-refractivity contribution is -0.137. The highest BCUT2D eigenvalue weighted by Crippen LogP contribution is 2.32. The van der Waals surface area contributed by atoms with Gasteiger partial charge in [-0.2, -0.15) is 13.2 Å². The van der Waals surface area contributed by atoms with Crippen molar-refractivity contribution in [2.75, 3.05) is 0 Å². The number of alkyl halides is 3. The van der Waals surface area contributed by atoms with E-state index < -0.39 is 17.8 Å². The van der Waals surface area contributed by atoms with Crippen LogP contribution in [-0.4, -0.2) is 4.98 Å². The van der Waals surface area contributed by atoms with E-state index in [-0.39, 0.29) is 0 Å². The summed E-state index contributed by atoms with van der Waals surface area (Å²) in [7, 11) is 0. The van der Waals surface area contributed by atoms with Crippen molar-refractivity contribution >= 4 is 11.3 Å². The summed E-state index contributed by atoms with van der Waals surface area (Å²) >= 11 is 1.39. The van der Waals surface area contributed by atoms with Crippen LogP contribution in [0.15, 0.2) is 30.5 Å². The van der Waals surface area contributed by atoms with Crippen molar-refractivity contribution in [3.8, 4) is 0 Å². The molecule has 2 N–H and O–H groups in total. The standard InChI is InChI=1S/C12H11F3N2S/c1-7-6-17-11(18-7)10(16)8-3-2-4-9(5-8)12(13,14)15/h2-6,10H,16H2,1H3. The second-order valence-corrected chi connectivity index (χ2v) is 5.18. The predicted molar refractivity (Wildman–Crippen MR) is 64.3 cm³/mol. The number of hydrogen-bond acceptors (Lipinski definition) is 3. The van der Waals surface area contributed by atoms with Gasteiger partial charge < -0.3 is 5.73 Å². The van der Waals surface area contributed by atoms with Gasteiger partial charge in [0.1, 0.15) is 5.01 Å². The van der Waals surface area contributed by atoms with Gasteiger partial charge in [-0.1, -0.05) is 12.1 Å². The highest BCUT2D eigenvalue weighted by Gasteiger charge is 2.31. The Hall–Kier alpha value is -1.40. The molecule has 1 atom stereocenters. The average molecular weight is 272 g/mol. The molecule has 0 fully saturated rings. The molecule has 2 rings (SSSR count). The minimum atomic E-state index is -4.35. The van der Waals surface area contributed by atoms with Gasteiger partial charge in [-0.25, -0.2) is 4.98 Å². The first-order valence-electron chi connectivity index (χ1n) is 5.23. The Bertz CT molecular complexity index is 548. The number of nitrogens with zero attached hydrogens (tertiary/aromatic N) is 1. The number of benzene rings is 1. The number of aryl methyl sites for hydroxylation is 1. The van der Waals surface area contributed by atoms with Crippen LogP contribution in [0.1, 0.15) is 27.1 Å². The predicted octanol–water partition coefficient (Wildman–Crippen LogP) is 3.52. The van der Waals surface area contributed by atoms with Crippen LogP contribution >= 0.6 is 11.3 Å². The van der Waals surface area contributed by atoms with Crippen LogP contribution in [0.5, 0.6) is 0 Å². The van der Waals surface area contributed by atoms with E-state index in [0.29, 0.717) is 10.6 Å². The van der Waals surface area contributed by atoms with Crippen molar-refractivity contribution in [1.82, 2.24) is 4.98 Å². The molecular weight excluding hydrogens is 261 g/mol. The molecule has 1 aromatic carbocycles. The summed E-state index contributed by atoms with van der Waals surface area (Å²) < 4.78 is 37.8. The maximum absolute atomic E-state index is 12.6. The van der Waals surface area contributed by atoms with Gasteiger partial charge >= 0.3 is 6.18 Å². The van der Waals surface area contributed by atoms with Gasteiger partial charge in [-0.05, 0) is 24.6 Å². The molecular formula is C12H11F3N2S. The molecule has 2 aromatic rings. The molecule has 0 aliphatic rings. The molecule has 0 saturated heterocycles. The number of hydrogen-bond donors (Lipinski definition) is 1. The van der Waals surface area contributed by atoms with Crippen LogP contribution in [0.25, 0.3) is 0 Å². The third-order valence-corrected chi connectivity index (χ3v) is 3.47. The van der Waals surface area contributed by atoms with Crippen molar-refractivity contribution in [2.45, 2.75) is 19.1 Å². The summed E-state index contributed by atoms with van der Waals surface area (Å²) in [4.78, 5) is 5.08. The summed E-state index contributed by atoms with van der Waals surface area (Å²) in [5, 5.41) is 0.617. The Balaban J connectivity index is 2.34. The molecule has 6 heteroatoms. The second kappa shape index (κ2) is 4.70. The maximum Gasteiger partial charge on any atom is 0.416 e. The summed E-state index contributed by atoms with van der Waals surface area (Å²) in [6.45, 7) is 1.88.